The zero-order chi connectivity index (χ0) is 9.97. The average molecular weight is 184 g/mol. The average Bonchev–Trinajstić information content (AvgIpc) is 2.27. The molecule has 68 valence electrons. The van der Waals surface area contributed by atoms with Crippen molar-refractivity contribution in [3.63, 3.8) is 0 Å². The number of hydrogen-bond acceptors (Lipinski definition) is 3. The molecule has 3 nitrogen and oxygen atoms in total. The van der Waals surface area contributed by atoms with Gasteiger partial charge < -0.3 is 4.74 Å². The number of rotatable bonds is 1. The molecule has 0 saturated heterocycles. The fourth-order valence-corrected chi connectivity index (χ4v) is 1.38. The van der Waals surface area contributed by atoms with E-state index in [9.17, 15) is 0 Å². The van der Waals surface area contributed by atoms with Gasteiger partial charge in [0.1, 0.15) is 17.5 Å². The van der Waals surface area contributed by atoms with Crippen molar-refractivity contribution < 1.29 is 4.74 Å². The van der Waals surface area contributed by atoms with Crippen LogP contribution in [0.4, 0.5) is 0 Å². The minimum atomic E-state index is 0.422. The van der Waals surface area contributed by atoms with Gasteiger partial charge in [0.2, 0.25) is 0 Å². The van der Waals surface area contributed by atoms with Crippen molar-refractivity contribution in [3.8, 4) is 11.8 Å². The number of nitrogens with zero attached hydrogens (tertiary/aromatic N) is 2. The Morgan fingerprint density at radius 1 is 1.43 bits per heavy atom. The Bertz CT molecular complexity index is 514. The van der Waals surface area contributed by atoms with Crippen molar-refractivity contribution in [1.29, 1.82) is 5.26 Å². The zero-order valence-electron chi connectivity index (χ0n) is 7.69. The van der Waals surface area contributed by atoms with Gasteiger partial charge in [0.15, 0.2) is 0 Å². The third-order valence-electron chi connectivity index (χ3n) is 2.06. The summed E-state index contributed by atoms with van der Waals surface area (Å²) in [5, 5.41) is 10.6. The lowest BCUT2D eigenvalue weighted by Gasteiger charge is -2.03. The van der Waals surface area contributed by atoms with Gasteiger partial charge in [-0.05, 0) is 17.5 Å². The maximum absolute atomic E-state index is 8.68. The molecule has 0 aliphatic heterocycles. The van der Waals surface area contributed by atoms with E-state index in [2.05, 4.69) is 4.98 Å². The number of pyridine rings is 1. The minimum absolute atomic E-state index is 0.422. The number of nitriles is 1. The van der Waals surface area contributed by atoms with Crippen molar-refractivity contribution in [2.45, 2.75) is 0 Å². The van der Waals surface area contributed by atoms with E-state index < -0.39 is 0 Å². The second-order valence-corrected chi connectivity index (χ2v) is 2.86. The van der Waals surface area contributed by atoms with Crippen LogP contribution in [0.25, 0.3) is 10.8 Å². The Hall–Kier alpha value is -2.08. The molecular weight excluding hydrogens is 176 g/mol. The summed E-state index contributed by atoms with van der Waals surface area (Å²) in [5.41, 5.74) is 0.422. The Morgan fingerprint density at radius 2 is 2.29 bits per heavy atom. The molecular formula is C11H8N2O. The summed E-state index contributed by atoms with van der Waals surface area (Å²) in [4.78, 5) is 3.99. The van der Waals surface area contributed by atoms with Crippen molar-refractivity contribution in [2.24, 2.45) is 0 Å². The standard InChI is InChI=1S/C11H8N2O/c1-14-11-4-2-3-8-5-9(6-12)13-7-10(8)11/h2-5,7H,1H3. The SMILES string of the molecule is COc1cccc2cc(C#N)ncc12. The summed E-state index contributed by atoms with van der Waals surface area (Å²) in [6.07, 6.45) is 1.66. The van der Waals surface area contributed by atoms with Gasteiger partial charge in [0.05, 0.1) is 7.11 Å². The maximum Gasteiger partial charge on any atom is 0.141 e. The molecule has 3 heteroatoms. The number of methoxy groups -OCH3 is 1. The lowest BCUT2D eigenvalue weighted by Crippen LogP contribution is -1.87. The predicted molar refractivity (Wildman–Crippen MR) is 53.0 cm³/mol. The molecule has 0 saturated carbocycles. The first-order valence-electron chi connectivity index (χ1n) is 4.18. The molecule has 0 aliphatic carbocycles. The first-order valence-corrected chi connectivity index (χ1v) is 4.18. The smallest absolute Gasteiger partial charge is 0.141 e. The van der Waals surface area contributed by atoms with E-state index in [0.717, 1.165) is 16.5 Å². The highest BCUT2D eigenvalue weighted by atomic mass is 16.5. The normalized spacial score (nSPS) is 9.71. The topological polar surface area (TPSA) is 45.9 Å². The van der Waals surface area contributed by atoms with E-state index in [-0.39, 0.29) is 0 Å². The third kappa shape index (κ3) is 1.27. The first-order chi connectivity index (χ1) is 6.85. The maximum atomic E-state index is 8.68. The van der Waals surface area contributed by atoms with Crippen LogP contribution >= 0.6 is 0 Å². The molecule has 1 heterocycles. The quantitative estimate of drug-likeness (QED) is 0.681. The Kier molecular flexibility index (Phi) is 2.04. The highest BCUT2D eigenvalue weighted by Gasteiger charge is 2.01. The van der Waals surface area contributed by atoms with Gasteiger partial charge >= 0.3 is 0 Å². The number of benzene rings is 1. The van der Waals surface area contributed by atoms with E-state index in [0.29, 0.717) is 5.69 Å². The molecule has 0 atom stereocenters. The van der Waals surface area contributed by atoms with Crippen LogP contribution in [0.3, 0.4) is 0 Å². The lowest BCUT2D eigenvalue weighted by molar-refractivity contribution is 0.419. The van der Waals surface area contributed by atoms with Gasteiger partial charge in [-0.1, -0.05) is 12.1 Å². The molecule has 0 fully saturated rings. The van der Waals surface area contributed by atoms with Gasteiger partial charge in [0.25, 0.3) is 0 Å². The summed E-state index contributed by atoms with van der Waals surface area (Å²) in [6.45, 7) is 0. The van der Waals surface area contributed by atoms with Gasteiger partial charge in [-0.2, -0.15) is 5.26 Å². The summed E-state index contributed by atoms with van der Waals surface area (Å²) in [7, 11) is 1.62. The Morgan fingerprint density at radius 3 is 3.00 bits per heavy atom. The van der Waals surface area contributed by atoms with Gasteiger partial charge in [-0.3, -0.25) is 0 Å². The van der Waals surface area contributed by atoms with Crippen molar-refractivity contribution >= 4 is 10.8 Å². The summed E-state index contributed by atoms with van der Waals surface area (Å²) < 4.78 is 5.18. The molecule has 0 radical (unpaired) electrons. The lowest BCUT2D eigenvalue weighted by atomic mass is 10.1. The van der Waals surface area contributed by atoms with Gasteiger partial charge in [-0.15, -0.1) is 0 Å². The van der Waals surface area contributed by atoms with Gasteiger partial charge in [-0.25, -0.2) is 4.98 Å². The van der Waals surface area contributed by atoms with Crippen LogP contribution in [0.2, 0.25) is 0 Å². The molecule has 0 aliphatic rings. The van der Waals surface area contributed by atoms with E-state index in [1.165, 1.54) is 0 Å². The van der Waals surface area contributed by atoms with Crippen molar-refractivity contribution in [3.05, 3.63) is 36.2 Å². The first kappa shape index (κ1) is 8.52. The predicted octanol–water partition coefficient (Wildman–Crippen LogP) is 2.12. The van der Waals surface area contributed by atoms with E-state index >= 15 is 0 Å². The monoisotopic (exact) mass is 184 g/mol. The molecule has 0 N–H and O–H groups in total. The van der Waals surface area contributed by atoms with Crippen LogP contribution in [0.1, 0.15) is 5.69 Å². The van der Waals surface area contributed by atoms with Crippen LogP contribution < -0.4 is 4.74 Å². The van der Waals surface area contributed by atoms with Crippen molar-refractivity contribution in [1.82, 2.24) is 4.98 Å². The molecule has 0 bridgehead atoms. The largest absolute Gasteiger partial charge is 0.496 e. The van der Waals surface area contributed by atoms with Crippen LogP contribution in [0.15, 0.2) is 30.5 Å². The highest BCUT2D eigenvalue weighted by Crippen LogP contribution is 2.24. The number of aromatic nitrogens is 1. The second-order valence-electron chi connectivity index (χ2n) is 2.86. The van der Waals surface area contributed by atoms with E-state index in [1.54, 1.807) is 19.4 Å². The number of hydrogen-bond donors (Lipinski definition) is 0. The molecule has 2 aromatic rings. The molecule has 0 spiro atoms. The molecule has 1 aromatic carbocycles. The molecule has 14 heavy (non-hydrogen) atoms. The fraction of sp³-hybridized carbons (Fsp3) is 0.0909. The zero-order valence-corrected chi connectivity index (χ0v) is 7.69. The van der Waals surface area contributed by atoms with E-state index in [4.69, 9.17) is 10.00 Å². The van der Waals surface area contributed by atoms with Crippen LogP contribution in [-0.4, -0.2) is 12.1 Å². The van der Waals surface area contributed by atoms with Crippen LogP contribution in [0, 0.1) is 11.3 Å². The number of ether oxygens (including phenoxy) is 1. The molecule has 2 rings (SSSR count). The fourth-order valence-electron chi connectivity index (χ4n) is 1.38. The van der Waals surface area contributed by atoms with Crippen LogP contribution in [-0.2, 0) is 0 Å². The Balaban J connectivity index is 2.75. The van der Waals surface area contributed by atoms with Gasteiger partial charge in [0, 0.05) is 11.6 Å². The second kappa shape index (κ2) is 3.35. The third-order valence-corrected chi connectivity index (χ3v) is 2.06. The highest BCUT2D eigenvalue weighted by molar-refractivity contribution is 5.88. The summed E-state index contributed by atoms with van der Waals surface area (Å²) in [6, 6.07) is 9.45. The molecule has 1 aromatic heterocycles. The molecule has 0 unspecified atom stereocenters. The number of fused-ring (bicyclic) bond motifs is 1. The molecule has 0 amide bonds. The summed E-state index contributed by atoms with van der Waals surface area (Å²) >= 11 is 0. The van der Waals surface area contributed by atoms with Crippen LogP contribution in [0.5, 0.6) is 5.75 Å². The minimum Gasteiger partial charge on any atom is -0.496 e. The summed E-state index contributed by atoms with van der Waals surface area (Å²) in [5.74, 6) is 0.777. The Labute approximate surface area is 81.6 Å². The van der Waals surface area contributed by atoms with E-state index in [1.807, 2.05) is 24.3 Å². The van der Waals surface area contributed by atoms with Crippen molar-refractivity contribution in [2.75, 3.05) is 7.11 Å².